The minimum Gasteiger partial charge on any atom is -0.392 e. The van der Waals surface area contributed by atoms with Gasteiger partial charge in [0.05, 0.1) is 22.5 Å². The van der Waals surface area contributed by atoms with Gasteiger partial charge in [-0.15, -0.1) is 0 Å². The molecule has 0 aliphatic heterocycles. The second-order valence-corrected chi connectivity index (χ2v) is 6.86. The van der Waals surface area contributed by atoms with Gasteiger partial charge in [0.15, 0.2) is 0 Å². The third kappa shape index (κ3) is 2.39. The summed E-state index contributed by atoms with van der Waals surface area (Å²) in [7, 11) is 0. The number of hydrogen-bond acceptors (Lipinski definition) is 2. The summed E-state index contributed by atoms with van der Waals surface area (Å²) in [5.74, 6) is 2.10. The summed E-state index contributed by atoms with van der Waals surface area (Å²) in [5, 5.41) is 16.0. The standard InChI is InChI=1S/C16H25ClN2O/c1-3-13-16(17)14(19(4-2)18-13)9-15(20)12-8-10-5-6-11(12)7-10/h10-12,15,20H,3-9H2,1-2H3. The number of nitrogens with zero attached hydrogens (tertiary/aromatic N) is 2. The highest BCUT2D eigenvalue weighted by atomic mass is 35.5. The highest BCUT2D eigenvalue weighted by molar-refractivity contribution is 6.31. The van der Waals surface area contributed by atoms with E-state index in [0.717, 1.165) is 41.2 Å². The molecule has 4 heteroatoms. The van der Waals surface area contributed by atoms with E-state index >= 15 is 0 Å². The van der Waals surface area contributed by atoms with E-state index in [1.807, 2.05) is 4.68 Å². The quantitative estimate of drug-likeness (QED) is 0.903. The summed E-state index contributed by atoms with van der Waals surface area (Å²) < 4.78 is 1.97. The number of aliphatic hydroxyl groups excluding tert-OH is 1. The van der Waals surface area contributed by atoms with E-state index in [1.165, 1.54) is 25.7 Å². The maximum Gasteiger partial charge on any atom is 0.0850 e. The van der Waals surface area contributed by atoms with Gasteiger partial charge in [-0.05, 0) is 50.4 Å². The fourth-order valence-electron chi connectivity index (χ4n) is 4.33. The number of rotatable bonds is 5. The minimum atomic E-state index is -0.255. The van der Waals surface area contributed by atoms with Crippen LogP contribution >= 0.6 is 11.6 Å². The maximum absolute atomic E-state index is 10.7. The fraction of sp³-hybridized carbons (Fsp3) is 0.812. The fourth-order valence-corrected chi connectivity index (χ4v) is 4.67. The van der Waals surface area contributed by atoms with Gasteiger partial charge in [-0.2, -0.15) is 5.10 Å². The van der Waals surface area contributed by atoms with Crippen LogP contribution in [0.25, 0.3) is 0 Å². The highest BCUT2D eigenvalue weighted by Gasteiger charge is 2.42. The Hall–Kier alpha value is -0.540. The Morgan fingerprint density at radius 3 is 2.70 bits per heavy atom. The van der Waals surface area contributed by atoms with E-state index in [0.29, 0.717) is 12.3 Å². The van der Waals surface area contributed by atoms with Crippen LogP contribution in [0.5, 0.6) is 0 Å². The van der Waals surface area contributed by atoms with Crippen LogP contribution in [0.15, 0.2) is 0 Å². The molecule has 0 radical (unpaired) electrons. The van der Waals surface area contributed by atoms with Gasteiger partial charge in [0.25, 0.3) is 0 Å². The van der Waals surface area contributed by atoms with E-state index in [1.54, 1.807) is 0 Å². The highest BCUT2D eigenvalue weighted by Crippen LogP contribution is 2.50. The first-order chi connectivity index (χ1) is 9.63. The van der Waals surface area contributed by atoms with Crippen LogP contribution in [0.2, 0.25) is 5.02 Å². The van der Waals surface area contributed by atoms with Crippen molar-refractivity contribution >= 4 is 11.6 Å². The molecular formula is C16H25ClN2O. The van der Waals surface area contributed by atoms with Gasteiger partial charge in [-0.1, -0.05) is 24.9 Å². The van der Waals surface area contributed by atoms with Crippen molar-refractivity contribution in [2.75, 3.05) is 0 Å². The number of aryl methyl sites for hydroxylation is 2. The molecule has 2 fully saturated rings. The largest absolute Gasteiger partial charge is 0.392 e. The molecule has 3 nitrogen and oxygen atoms in total. The van der Waals surface area contributed by atoms with E-state index in [4.69, 9.17) is 11.6 Å². The normalized spacial score (nSPS) is 30.1. The van der Waals surface area contributed by atoms with Crippen LogP contribution < -0.4 is 0 Å². The van der Waals surface area contributed by atoms with E-state index in [2.05, 4.69) is 18.9 Å². The first-order valence-electron chi connectivity index (χ1n) is 8.06. The Kier molecular flexibility index (Phi) is 4.09. The molecule has 2 bridgehead atoms. The van der Waals surface area contributed by atoms with Crippen molar-refractivity contribution in [3.63, 3.8) is 0 Å². The summed E-state index contributed by atoms with van der Waals surface area (Å²) in [5.41, 5.74) is 1.99. The van der Waals surface area contributed by atoms with Gasteiger partial charge in [-0.3, -0.25) is 4.68 Å². The van der Waals surface area contributed by atoms with Crippen molar-refractivity contribution < 1.29 is 5.11 Å². The lowest BCUT2D eigenvalue weighted by atomic mass is 9.83. The van der Waals surface area contributed by atoms with Crippen LogP contribution in [-0.2, 0) is 19.4 Å². The second-order valence-electron chi connectivity index (χ2n) is 6.49. The third-order valence-corrected chi connectivity index (χ3v) is 5.82. The van der Waals surface area contributed by atoms with Gasteiger partial charge < -0.3 is 5.11 Å². The molecule has 0 amide bonds. The van der Waals surface area contributed by atoms with Crippen molar-refractivity contribution in [3.05, 3.63) is 16.4 Å². The molecule has 0 aromatic carbocycles. The molecule has 0 spiro atoms. The first-order valence-corrected chi connectivity index (χ1v) is 8.43. The van der Waals surface area contributed by atoms with Gasteiger partial charge in [0.1, 0.15) is 0 Å². The van der Waals surface area contributed by atoms with Crippen molar-refractivity contribution in [1.29, 1.82) is 0 Å². The summed E-state index contributed by atoms with van der Waals surface area (Å²) in [6.07, 6.45) is 6.49. The zero-order valence-electron chi connectivity index (χ0n) is 12.5. The van der Waals surface area contributed by atoms with Gasteiger partial charge in [0.2, 0.25) is 0 Å². The molecule has 2 saturated carbocycles. The van der Waals surface area contributed by atoms with Crippen LogP contribution in [0.3, 0.4) is 0 Å². The molecule has 3 rings (SSSR count). The summed E-state index contributed by atoms with van der Waals surface area (Å²) >= 11 is 6.44. The zero-order chi connectivity index (χ0) is 14.3. The molecule has 2 aliphatic rings. The number of halogens is 1. The third-order valence-electron chi connectivity index (χ3n) is 5.38. The van der Waals surface area contributed by atoms with Crippen LogP contribution in [-0.4, -0.2) is 21.0 Å². The zero-order valence-corrected chi connectivity index (χ0v) is 13.2. The Morgan fingerprint density at radius 2 is 2.15 bits per heavy atom. The molecule has 4 unspecified atom stereocenters. The van der Waals surface area contributed by atoms with Crippen LogP contribution in [0.4, 0.5) is 0 Å². The molecule has 1 heterocycles. The van der Waals surface area contributed by atoms with E-state index in [9.17, 15) is 5.11 Å². The molecule has 4 atom stereocenters. The minimum absolute atomic E-state index is 0.255. The maximum atomic E-state index is 10.7. The summed E-state index contributed by atoms with van der Waals surface area (Å²) in [6.45, 7) is 4.97. The molecule has 112 valence electrons. The number of fused-ring (bicyclic) bond motifs is 2. The van der Waals surface area contributed by atoms with Crippen molar-refractivity contribution in [2.45, 2.75) is 65.0 Å². The molecular weight excluding hydrogens is 272 g/mol. The topological polar surface area (TPSA) is 38.0 Å². The summed E-state index contributed by atoms with van der Waals surface area (Å²) in [4.78, 5) is 0. The molecule has 20 heavy (non-hydrogen) atoms. The Labute approximate surface area is 126 Å². The van der Waals surface area contributed by atoms with Crippen molar-refractivity contribution in [1.82, 2.24) is 9.78 Å². The number of aliphatic hydroxyl groups is 1. The smallest absolute Gasteiger partial charge is 0.0850 e. The van der Waals surface area contributed by atoms with E-state index < -0.39 is 0 Å². The van der Waals surface area contributed by atoms with Gasteiger partial charge >= 0.3 is 0 Å². The molecule has 0 saturated heterocycles. The Bertz CT molecular complexity index is 485. The predicted molar refractivity (Wildman–Crippen MR) is 80.9 cm³/mol. The first kappa shape index (κ1) is 14.4. The van der Waals surface area contributed by atoms with Crippen molar-refractivity contribution in [3.8, 4) is 0 Å². The van der Waals surface area contributed by atoms with Gasteiger partial charge in [0, 0.05) is 13.0 Å². The van der Waals surface area contributed by atoms with Crippen LogP contribution in [0, 0.1) is 17.8 Å². The van der Waals surface area contributed by atoms with Gasteiger partial charge in [-0.25, -0.2) is 0 Å². The SMILES string of the molecule is CCc1nn(CC)c(CC(O)C2CC3CCC2C3)c1Cl. The van der Waals surface area contributed by atoms with E-state index in [-0.39, 0.29) is 6.10 Å². The monoisotopic (exact) mass is 296 g/mol. The average molecular weight is 297 g/mol. The molecule has 1 N–H and O–H groups in total. The van der Waals surface area contributed by atoms with Crippen LogP contribution in [0.1, 0.15) is 50.9 Å². The lowest BCUT2D eigenvalue weighted by molar-refractivity contribution is 0.0733. The Balaban J connectivity index is 1.75. The number of aromatic nitrogens is 2. The lowest BCUT2D eigenvalue weighted by Crippen LogP contribution is -2.28. The molecule has 2 aliphatic carbocycles. The number of hydrogen-bond donors (Lipinski definition) is 1. The molecule has 1 aromatic heterocycles. The molecule has 1 aromatic rings. The second kappa shape index (κ2) is 5.69. The lowest BCUT2D eigenvalue weighted by Gasteiger charge is -2.27. The average Bonchev–Trinajstić information content (AvgIpc) is 3.14. The van der Waals surface area contributed by atoms with Crippen molar-refractivity contribution in [2.24, 2.45) is 17.8 Å². The predicted octanol–water partition coefficient (Wildman–Crippen LogP) is 3.46. The summed E-state index contributed by atoms with van der Waals surface area (Å²) in [6, 6.07) is 0. The Morgan fingerprint density at radius 1 is 1.35 bits per heavy atom.